The van der Waals surface area contributed by atoms with Gasteiger partial charge in [-0.1, -0.05) is 35.5 Å². The monoisotopic (exact) mass is 252 g/mol. The quantitative estimate of drug-likeness (QED) is 0.771. The lowest BCUT2D eigenvalue weighted by Gasteiger charge is -2.06. The van der Waals surface area contributed by atoms with Crippen LogP contribution in [0.1, 0.15) is 0 Å². The van der Waals surface area contributed by atoms with Gasteiger partial charge in [0.25, 0.3) is 0 Å². The van der Waals surface area contributed by atoms with Crippen molar-refractivity contribution >= 4 is 5.69 Å². The highest BCUT2D eigenvalue weighted by molar-refractivity contribution is 5.70. The van der Waals surface area contributed by atoms with Gasteiger partial charge < -0.3 is 15.0 Å². The topological polar surface area (TPSA) is 61.3 Å². The summed E-state index contributed by atoms with van der Waals surface area (Å²) in [7, 11) is 0. The molecule has 3 rings (SSSR count). The Morgan fingerprint density at radius 2 is 1.74 bits per heavy atom. The minimum absolute atomic E-state index is 0.511. The molecule has 0 radical (unpaired) electrons. The smallest absolute Gasteiger partial charge is 0.189 e. The highest BCUT2D eigenvalue weighted by atomic mass is 16.5. The summed E-state index contributed by atoms with van der Waals surface area (Å²) in [6, 6.07) is 17.1. The number of nitrogens with zero attached hydrogens (tertiary/aromatic N) is 1. The number of hydrogen-bond acceptors (Lipinski definition) is 4. The zero-order chi connectivity index (χ0) is 13.1. The second-order valence-electron chi connectivity index (χ2n) is 4.05. The van der Waals surface area contributed by atoms with Gasteiger partial charge in [-0.05, 0) is 24.3 Å². The summed E-state index contributed by atoms with van der Waals surface area (Å²) < 4.78 is 10.9. The highest BCUT2D eigenvalue weighted by Gasteiger charge is 2.08. The molecule has 0 amide bonds. The molecule has 0 aliphatic heterocycles. The molecule has 2 aromatic carbocycles. The van der Waals surface area contributed by atoms with Crippen LogP contribution in [-0.2, 0) is 0 Å². The average molecular weight is 252 g/mol. The zero-order valence-electron chi connectivity index (χ0n) is 10.1. The van der Waals surface area contributed by atoms with Crippen LogP contribution in [0.2, 0.25) is 0 Å². The number of benzene rings is 2. The van der Waals surface area contributed by atoms with Crippen LogP contribution in [0, 0.1) is 0 Å². The molecule has 0 bridgehead atoms. The van der Waals surface area contributed by atoms with Gasteiger partial charge in [0.1, 0.15) is 17.2 Å². The molecule has 1 heterocycles. The van der Waals surface area contributed by atoms with Gasteiger partial charge in [-0.2, -0.15) is 0 Å². The van der Waals surface area contributed by atoms with Gasteiger partial charge in [-0.3, -0.25) is 0 Å². The summed E-state index contributed by atoms with van der Waals surface area (Å²) in [5.74, 6) is 2.06. The first-order chi connectivity index (χ1) is 9.33. The van der Waals surface area contributed by atoms with Crippen LogP contribution in [0.25, 0.3) is 11.3 Å². The summed E-state index contributed by atoms with van der Waals surface area (Å²) in [5, 5.41) is 3.67. The van der Waals surface area contributed by atoms with E-state index in [4.69, 9.17) is 15.0 Å². The fourth-order valence-corrected chi connectivity index (χ4v) is 1.79. The summed E-state index contributed by atoms with van der Waals surface area (Å²) in [6.45, 7) is 0. The van der Waals surface area contributed by atoms with E-state index in [0.29, 0.717) is 11.4 Å². The lowest BCUT2D eigenvalue weighted by molar-refractivity contribution is 0.432. The number of anilines is 1. The van der Waals surface area contributed by atoms with Gasteiger partial charge in [-0.15, -0.1) is 0 Å². The Labute approximate surface area is 110 Å². The fourth-order valence-electron chi connectivity index (χ4n) is 1.79. The minimum Gasteiger partial charge on any atom is -0.457 e. The van der Waals surface area contributed by atoms with Crippen molar-refractivity contribution in [3.63, 3.8) is 0 Å². The standard InChI is InChI=1S/C15H12N2O2/c16-14-10-17-19-15(14)11-5-4-8-13(9-11)18-12-6-2-1-3-7-12/h1-10H,16H2. The first-order valence-corrected chi connectivity index (χ1v) is 5.86. The van der Waals surface area contributed by atoms with Gasteiger partial charge in [0.05, 0.1) is 6.20 Å². The van der Waals surface area contributed by atoms with E-state index in [1.54, 1.807) is 0 Å². The largest absolute Gasteiger partial charge is 0.457 e. The van der Waals surface area contributed by atoms with Crippen LogP contribution >= 0.6 is 0 Å². The molecule has 0 unspecified atom stereocenters. The SMILES string of the molecule is Nc1cnoc1-c1cccc(Oc2ccccc2)c1. The van der Waals surface area contributed by atoms with Gasteiger partial charge >= 0.3 is 0 Å². The number of hydrogen-bond donors (Lipinski definition) is 1. The summed E-state index contributed by atoms with van der Waals surface area (Å²) in [5.41, 5.74) is 7.13. The van der Waals surface area contributed by atoms with E-state index in [-0.39, 0.29) is 0 Å². The number of nitrogen functional groups attached to an aromatic ring is 1. The van der Waals surface area contributed by atoms with Crippen LogP contribution < -0.4 is 10.5 Å². The van der Waals surface area contributed by atoms with Crippen molar-refractivity contribution in [2.75, 3.05) is 5.73 Å². The third kappa shape index (κ3) is 2.42. The number of para-hydroxylation sites is 1. The molecule has 0 saturated carbocycles. The van der Waals surface area contributed by atoms with Crippen molar-refractivity contribution < 1.29 is 9.26 Å². The first-order valence-electron chi connectivity index (χ1n) is 5.86. The Balaban J connectivity index is 1.91. The molecule has 4 heteroatoms. The Morgan fingerprint density at radius 3 is 2.47 bits per heavy atom. The molecule has 0 aliphatic carbocycles. The Bertz CT molecular complexity index is 677. The molecule has 19 heavy (non-hydrogen) atoms. The molecule has 4 nitrogen and oxygen atoms in total. The van der Waals surface area contributed by atoms with Crippen LogP contribution in [0.4, 0.5) is 5.69 Å². The average Bonchev–Trinajstić information content (AvgIpc) is 2.86. The van der Waals surface area contributed by atoms with E-state index in [1.165, 1.54) is 6.20 Å². The minimum atomic E-state index is 0.511. The van der Waals surface area contributed by atoms with Crippen molar-refractivity contribution in [2.24, 2.45) is 0 Å². The van der Waals surface area contributed by atoms with E-state index >= 15 is 0 Å². The molecular weight excluding hydrogens is 240 g/mol. The van der Waals surface area contributed by atoms with Crippen molar-refractivity contribution in [1.82, 2.24) is 5.16 Å². The van der Waals surface area contributed by atoms with Crippen LogP contribution in [0.3, 0.4) is 0 Å². The van der Waals surface area contributed by atoms with E-state index < -0.39 is 0 Å². The zero-order valence-corrected chi connectivity index (χ0v) is 10.1. The summed E-state index contributed by atoms with van der Waals surface area (Å²) in [4.78, 5) is 0. The fraction of sp³-hybridized carbons (Fsp3) is 0. The molecule has 0 atom stereocenters. The van der Waals surface area contributed by atoms with E-state index in [9.17, 15) is 0 Å². The van der Waals surface area contributed by atoms with Crippen LogP contribution in [0.15, 0.2) is 65.3 Å². The second kappa shape index (κ2) is 4.86. The predicted octanol–water partition coefficient (Wildman–Crippen LogP) is 3.72. The van der Waals surface area contributed by atoms with E-state index in [0.717, 1.165) is 17.1 Å². The maximum atomic E-state index is 5.78. The molecule has 1 aromatic heterocycles. The van der Waals surface area contributed by atoms with Crippen LogP contribution in [0.5, 0.6) is 11.5 Å². The Hall–Kier alpha value is -2.75. The number of ether oxygens (including phenoxy) is 1. The normalized spacial score (nSPS) is 10.3. The Morgan fingerprint density at radius 1 is 0.947 bits per heavy atom. The van der Waals surface area contributed by atoms with Gasteiger partial charge in [0, 0.05) is 5.56 Å². The highest BCUT2D eigenvalue weighted by Crippen LogP contribution is 2.30. The molecule has 0 spiro atoms. The Kier molecular flexibility index (Phi) is 2.90. The van der Waals surface area contributed by atoms with Gasteiger partial charge in [0.2, 0.25) is 0 Å². The number of nitrogens with two attached hydrogens (primary N) is 1. The molecule has 0 fully saturated rings. The number of aromatic nitrogens is 1. The second-order valence-corrected chi connectivity index (χ2v) is 4.05. The molecule has 0 aliphatic rings. The maximum Gasteiger partial charge on any atom is 0.189 e. The predicted molar refractivity (Wildman–Crippen MR) is 72.9 cm³/mol. The van der Waals surface area contributed by atoms with Crippen molar-refractivity contribution in [3.05, 3.63) is 60.8 Å². The third-order valence-electron chi connectivity index (χ3n) is 2.67. The van der Waals surface area contributed by atoms with Crippen molar-refractivity contribution in [3.8, 4) is 22.8 Å². The molecular formula is C15H12N2O2. The van der Waals surface area contributed by atoms with E-state index in [2.05, 4.69) is 5.16 Å². The maximum absolute atomic E-state index is 5.78. The van der Waals surface area contributed by atoms with Gasteiger partial charge in [0.15, 0.2) is 5.76 Å². The van der Waals surface area contributed by atoms with Gasteiger partial charge in [-0.25, -0.2) is 0 Å². The van der Waals surface area contributed by atoms with Crippen LogP contribution in [-0.4, -0.2) is 5.16 Å². The number of rotatable bonds is 3. The summed E-state index contributed by atoms with van der Waals surface area (Å²) in [6.07, 6.45) is 1.49. The van der Waals surface area contributed by atoms with E-state index in [1.807, 2.05) is 54.6 Å². The molecule has 3 aromatic rings. The lowest BCUT2D eigenvalue weighted by atomic mass is 10.1. The first kappa shape index (κ1) is 11.3. The summed E-state index contributed by atoms with van der Waals surface area (Å²) >= 11 is 0. The van der Waals surface area contributed by atoms with Crippen molar-refractivity contribution in [1.29, 1.82) is 0 Å². The lowest BCUT2D eigenvalue weighted by Crippen LogP contribution is -1.87. The molecule has 94 valence electrons. The molecule has 2 N–H and O–H groups in total. The third-order valence-corrected chi connectivity index (χ3v) is 2.67. The molecule has 0 saturated heterocycles. The van der Waals surface area contributed by atoms with Crippen molar-refractivity contribution in [2.45, 2.75) is 0 Å².